The van der Waals surface area contributed by atoms with Gasteiger partial charge >= 0.3 is 6.03 Å². The maximum absolute atomic E-state index is 12.2. The van der Waals surface area contributed by atoms with Crippen LogP contribution in [0.1, 0.15) is 71.6 Å². The lowest BCUT2D eigenvalue weighted by molar-refractivity contribution is -0.130. The molecule has 0 spiro atoms. The minimum absolute atomic E-state index is 0.0855. The fraction of sp³-hybridized carbons (Fsp3) is 0.905. The maximum Gasteiger partial charge on any atom is 0.314 e. The number of rotatable bonds is 8. The second-order valence-corrected chi connectivity index (χ2v) is 8.44. The molecule has 0 radical (unpaired) electrons. The molecule has 2 N–H and O–H groups in total. The highest BCUT2D eigenvalue weighted by Crippen LogP contribution is 2.17. The Kier molecular flexibility index (Phi) is 9.95. The van der Waals surface area contributed by atoms with E-state index in [0.717, 1.165) is 51.9 Å². The molecule has 2 saturated heterocycles. The second-order valence-electron chi connectivity index (χ2n) is 8.44. The molecule has 2 rings (SSSR count). The van der Waals surface area contributed by atoms with Gasteiger partial charge in [-0.3, -0.25) is 9.69 Å². The van der Waals surface area contributed by atoms with Crippen molar-refractivity contribution in [1.29, 1.82) is 0 Å². The van der Waals surface area contributed by atoms with E-state index in [1.54, 1.807) is 0 Å². The highest BCUT2D eigenvalue weighted by atomic mass is 16.2. The van der Waals surface area contributed by atoms with Crippen LogP contribution in [-0.2, 0) is 4.79 Å². The summed E-state index contributed by atoms with van der Waals surface area (Å²) in [5, 5.41) is 6.02. The average molecular weight is 381 g/mol. The van der Waals surface area contributed by atoms with Crippen LogP contribution in [-0.4, -0.2) is 67.0 Å². The number of amides is 3. The molecule has 2 aliphatic rings. The number of hydrogen-bond acceptors (Lipinski definition) is 3. The molecule has 6 heteroatoms. The minimum Gasteiger partial charge on any atom is -0.343 e. The summed E-state index contributed by atoms with van der Waals surface area (Å²) in [6.07, 6.45) is 9.96. The standard InChI is InChI=1S/C21H40N4O2/c1-18(2)19(24-13-7-3-4-8-14-24)17-23-21(27)22-12-10-16-25-15-9-5-6-11-20(25)26/h18-19H,3-17H2,1-2H3,(H2,22,23,27). The van der Waals surface area contributed by atoms with Crippen molar-refractivity contribution in [2.24, 2.45) is 5.92 Å². The van der Waals surface area contributed by atoms with Crippen molar-refractivity contribution in [2.75, 3.05) is 39.3 Å². The SMILES string of the molecule is CC(C)C(CNC(=O)NCCCN1CCCCCC1=O)N1CCCCCC1. The molecule has 0 aromatic carbocycles. The molecule has 2 heterocycles. The first-order valence-corrected chi connectivity index (χ1v) is 11.1. The van der Waals surface area contributed by atoms with Crippen molar-refractivity contribution < 1.29 is 9.59 Å². The van der Waals surface area contributed by atoms with Gasteiger partial charge in [-0.1, -0.05) is 33.1 Å². The van der Waals surface area contributed by atoms with Crippen molar-refractivity contribution in [3.63, 3.8) is 0 Å². The van der Waals surface area contributed by atoms with Crippen LogP contribution in [0.4, 0.5) is 4.79 Å². The van der Waals surface area contributed by atoms with E-state index in [9.17, 15) is 9.59 Å². The third-order valence-electron chi connectivity index (χ3n) is 5.91. The fourth-order valence-electron chi connectivity index (χ4n) is 4.22. The molecule has 3 amide bonds. The summed E-state index contributed by atoms with van der Waals surface area (Å²) in [6.45, 7) is 9.73. The molecule has 0 saturated carbocycles. The lowest BCUT2D eigenvalue weighted by Gasteiger charge is -2.33. The van der Waals surface area contributed by atoms with Gasteiger partial charge in [0.2, 0.25) is 5.91 Å². The van der Waals surface area contributed by atoms with Crippen LogP contribution in [0.2, 0.25) is 0 Å². The number of carbonyl (C=O) groups excluding carboxylic acids is 2. The lowest BCUT2D eigenvalue weighted by Crippen LogP contribution is -2.49. The molecule has 0 aromatic heterocycles. The molecule has 1 atom stereocenters. The van der Waals surface area contributed by atoms with Gasteiger partial charge in [0.25, 0.3) is 0 Å². The van der Waals surface area contributed by atoms with Gasteiger partial charge in [-0.05, 0) is 51.1 Å². The number of urea groups is 1. The zero-order valence-electron chi connectivity index (χ0n) is 17.5. The largest absolute Gasteiger partial charge is 0.343 e. The highest BCUT2D eigenvalue weighted by Gasteiger charge is 2.23. The van der Waals surface area contributed by atoms with E-state index in [4.69, 9.17) is 0 Å². The zero-order chi connectivity index (χ0) is 19.5. The summed E-state index contributed by atoms with van der Waals surface area (Å²) in [5.74, 6) is 0.798. The molecule has 2 aliphatic heterocycles. The Hall–Kier alpha value is -1.30. The second kappa shape index (κ2) is 12.2. The average Bonchev–Trinajstić information content (AvgIpc) is 3.02. The van der Waals surface area contributed by atoms with E-state index >= 15 is 0 Å². The number of nitrogens with one attached hydrogen (secondary N) is 2. The highest BCUT2D eigenvalue weighted by molar-refractivity contribution is 5.76. The van der Waals surface area contributed by atoms with E-state index in [2.05, 4.69) is 29.4 Å². The van der Waals surface area contributed by atoms with Gasteiger partial charge in [0.15, 0.2) is 0 Å². The Morgan fingerprint density at radius 1 is 0.963 bits per heavy atom. The molecule has 2 fully saturated rings. The molecular weight excluding hydrogens is 340 g/mol. The van der Waals surface area contributed by atoms with E-state index in [1.165, 1.54) is 25.7 Å². The molecule has 0 aromatic rings. The first-order chi connectivity index (χ1) is 13.1. The summed E-state index contributed by atoms with van der Waals surface area (Å²) in [6, 6.07) is 0.321. The summed E-state index contributed by atoms with van der Waals surface area (Å²) in [7, 11) is 0. The normalized spacial score (nSPS) is 20.9. The van der Waals surface area contributed by atoms with Crippen LogP contribution >= 0.6 is 0 Å². The van der Waals surface area contributed by atoms with Crippen molar-refractivity contribution in [3.05, 3.63) is 0 Å². The van der Waals surface area contributed by atoms with E-state index in [-0.39, 0.29) is 11.9 Å². The van der Waals surface area contributed by atoms with Gasteiger partial charge in [0, 0.05) is 38.6 Å². The van der Waals surface area contributed by atoms with Crippen molar-refractivity contribution in [2.45, 2.75) is 77.7 Å². The van der Waals surface area contributed by atoms with Gasteiger partial charge in [-0.15, -0.1) is 0 Å². The Labute approximate surface area is 165 Å². The predicted octanol–water partition coefficient (Wildman–Crippen LogP) is 2.98. The summed E-state index contributed by atoms with van der Waals surface area (Å²) >= 11 is 0. The Bertz CT molecular complexity index is 447. The van der Waals surface area contributed by atoms with E-state index < -0.39 is 0 Å². The van der Waals surface area contributed by atoms with Crippen LogP contribution in [0.3, 0.4) is 0 Å². The molecule has 0 bridgehead atoms. The molecule has 0 aliphatic carbocycles. The number of hydrogen-bond donors (Lipinski definition) is 2. The van der Waals surface area contributed by atoms with Gasteiger partial charge < -0.3 is 15.5 Å². The summed E-state index contributed by atoms with van der Waals surface area (Å²) in [5.41, 5.74) is 0. The first-order valence-electron chi connectivity index (χ1n) is 11.1. The van der Waals surface area contributed by atoms with Crippen molar-refractivity contribution in [3.8, 4) is 0 Å². The fourth-order valence-corrected chi connectivity index (χ4v) is 4.22. The molecule has 27 heavy (non-hydrogen) atoms. The number of carbonyl (C=O) groups is 2. The predicted molar refractivity (Wildman–Crippen MR) is 110 cm³/mol. The Balaban J connectivity index is 1.64. The Morgan fingerprint density at radius 2 is 1.63 bits per heavy atom. The molecule has 1 unspecified atom stereocenters. The topological polar surface area (TPSA) is 64.7 Å². The summed E-state index contributed by atoms with van der Waals surface area (Å²) in [4.78, 5) is 28.7. The Morgan fingerprint density at radius 3 is 2.33 bits per heavy atom. The zero-order valence-corrected chi connectivity index (χ0v) is 17.5. The van der Waals surface area contributed by atoms with E-state index in [0.29, 0.717) is 31.5 Å². The first kappa shape index (κ1) is 22.0. The van der Waals surface area contributed by atoms with Crippen molar-refractivity contribution in [1.82, 2.24) is 20.4 Å². The van der Waals surface area contributed by atoms with Crippen molar-refractivity contribution >= 4 is 11.9 Å². The molecule has 156 valence electrons. The van der Waals surface area contributed by atoms with Gasteiger partial charge in [0.1, 0.15) is 0 Å². The van der Waals surface area contributed by atoms with Crippen LogP contribution < -0.4 is 10.6 Å². The summed E-state index contributed by atoms with van der Waals surface area (Å²) < 4.78 is 0. The smallest absolute Gasteiger partial charge is 0.314 e. The third kappa shape index (κ3) is 8.08. The van der Waals surface area contributed by atoms with Gasteiger partial charge in [-0.2, -0.15) is 0 Å². The van der Waals surface area contributed by atoms with Crippen LogP contribution in [0.25, 0.3) is 0 Å². The minimum atomic E-state index is -0.0855. The van der Waals surface area contributed by atoms with Crippen LogP contribution in [0, 0.1) is 5.92 Å². The monoisotopic (exact) mass is 380 g/mol. The van der Waals surface area contributed by atoms with E-state index in [1.807, 2.05) is 4.90 Å². The third-order valence-corrected chi connectivity index (χ3v) is 5.91. The molecule has 6 nitrogen and oxygen atoms in total. The molecular formula is C21H40N4O2. The maximum atomic E-state index is 12.2. The number of likely N-dealkylation sites (tertiary alicyclic amines) is 2. The van der Waals surface area contributed by atoms with Gasteiger partial charge in [0.05, 0.1) is 0 Å². The lowest BCUT2D eigenvalue weighted by atomic mass is 10.0. The quantitative estimate of drug-likeness (QED) is 0.636. The van der Waals surface area contributed by atoms with Crippen LogP contribution in [0.5, 0.6) is 0 Å². The number of nitrogens with zero attached hydrogens (tertiary/aromatic N) is 2. The van der Waals surface area contributed by atoms with Crippen LogP contribution in [0.15, 0.2) is 0 Å². The van der Waals surface area contributed by atoms with Gasteiger partial charge in [-0.25, -0.2) is 4.79 Å².